The Balaban J connectivity index is 3.13. The quantitative estimate of drug-likeness (QED) is 0.827. The number of methoxy groups -OCH3 is 1. The van der Waals surface area contributed by atoms with Crippen LogP contribution in [0.2, 0.25) is 0 Å². The van der Waals surface area contributed by atoms with Gasteiger partial charge in [-0.25, -0.2) is 12.7 Å². The predicted octanol–water partition coefficient (Wildman–Crippen LogP) is 1.61. The van der Waals surface area contributed by atoms with E-state index >= 15 is 0 Å². The molecule has 0 atom stereocenters. The van der Waals surface area contributed by atoms with Gasteiger partial charge in [-0.05, 0) is 24.1 Å². The van der Waals surface area contributed by atoms with E-state index in [1.807, 2.05) is 6.92 Å². The van der Waals surface area contributed by atoms with Gasteiger partial charge in [-0.1, -0.05) is 19.4 Å². The molecule has 19 heavy (non-hydrogen) atoms. The van der Waals surface area contributed by atoms with Gasteiger partial charge in [0.1, 0.15) is 10.6 Å². The number of rotatable bonds is 7. The number of hydrogen-bond donors (Lipinski definition) is 1. The third-order valence-corrected chi connectivity index (χ3v) is 4.82. The largest absolute Gasteiger partial charge is 0.495 e. The van der Waals surface area contributed by atoms with Crippen molar-refractivity contribution in [1.29, 1.82) is 0 Å². The summed E-state index contributed by atoms with van der Waals surface area (Å²) in [6.45, 7) is 2.34. The van der Waals surface area contributed by atoms with E-state index in [4.69, 9.17) is 9.84 Å². The van der Waals surface area contributed by atoms with Crippen molar-refractivity contribution in [2.75, 3.05) is 20.7 Å². The summed E-state index contributed by atoms with van der Waals surface area (Å²) >= 11 is 0. The topological polar surface area (TPSA) is 66.8 Å². The second kappa shape index (κ2) is 6.88. The van der Waals surface area contributed by atoms with Crippen molar-refractivity contribution in [2.45, 2.75) is 31.3 Å². The van der Waals surface area contributed by atoms with Crippen LogP contribution in [-0.2, 0) is 16.6 Å². The Kier molecular flexibility index (Phi) is 5.78. The molecule has 0 spiro atoms. The maximum absolute atomic E-state index is 12.4. The van der Waals surface area contributed by atoms with E-state index in [1.165, 1.54) is 17.5 Å². The van der Waals surface area contributed by atoms with Gasteiger partial charge in [0.15, 0.2) is 0 Å². The molecule has 1 aromatic carbocycles. The van der Waals surface area contributed by atoms with Crippen LogP contribution in [0.15, 0.2) is 23.1 Å². The minimum Gasteiger partial charge on any atom is -0.495 e. The van der Waals surface area contributed by atoms with Crippen LogP contribution in [0.4, 0.5) is 0 Å². The van der Waals surface area contributed by atoms with Crippen molar-refractivity contribution in [1.82, 2.24) is 4.31 Å². The van der Waals surface area contributed by atoms with Crippen LogP contribution >= 0.6 is 0 Å². The lowest BCUT2D eigenvalue weighted by molar-refractivity contribution is 0.280. The Morgan fingerprint density at radius 2 is 2.05 bits per heavy atom. The lowest BCUT2D eigenvalue weighted by Gasteiger charge is -2.18. The Labute approximate surface area is 114 Å². The van der Waals surface area contributed by atoms with Crippen LogP contribution in [0.5, 0.6) is 5.75 Å². The van der Waals surface area contributed by atoms with Crippen molar-refractivity contribution in [2.24, 2.45) is 0 Å². The summed E-state index contributed by atoms with van der Waals surface area (Å²) in [6, 6.07) is 4.60. The third kappa shape index (κ3) is 3.68. The van der Waals surface area contributed by atoms with Gasteiger partial charge in [0, 0.05) is 13.6 Å². The summed E-state index contributed by atoms with van der Waals surface area (Å²) in [5, 5.41) is 9.06. The molecule has 0 unspecified atom stereocenters. The number of aliphatic hydroxyl groups excluding tert-OH is 1. The molecule has 0 saturated carbocycles. The van der Waals surface area contributed by atoms with Crippen molar-refractivity contribution in [3.63, 3.8) is 0 Å². The molecular formula is C13H21NO4S. The van der Waals surface area contributed by atoms with E-state index in [0.29, 0.717) is 12.1 Å². The number of aliphatic hydroxyl groups is 1. The summed E-state index contributed by atoms with van der Waals surface area (Å²) < 4.78 is 31.2. The third-order valence-electron chi connectivity index (χ3n) is 2.93. The lowest BCUT2D eigenvalue weighted by Crippen LogP contribution is -2.28. The average molecular weight is 287 g/mol. The van der Waals surface area contributed by atoms with Crippen molar-refractivity contribution < 1.29 is 18.3 Å². The van der Waals surface area contributed by atoms with Gasteiger partial charge in [0.25, 0.3) is 0 Å². The lowest BCUT2D eigenvalue weighted by atomic mass is 10.2. The second-order valence-corrected chi connectivity index (χ2v) is 6.34. The molecule has 0 saturated heterocycles. The van der Waals surface area contributed by atoms with Crippen LogP contribution in [0.25, 0.3) is 0 Å². The molecule has 0 heterocycles. The van der Waals surface area contributed by atoms with Gasteiger partial charge in [0.05, 0.1) is 13.7 Å². The standard InChI is InChI=1S/C13H21NO4S/c1-4-5-8-14(2)19(16,17)13-7-6-11(10-15)9-12(13)18-3/h6-7,9,15H,4-5,8,10H2,1-3H3. The summed E-state index contributed by atoms with van der Waals surface area (Å²) in [5.41, 5.74) is 0.618. The van der Waals surface area contributed by atoms with E-state index in [-0.39, 0.29) is 17.3 Å². The molecule has 0 aliphatic rings. The Hall–Kier alpha value is -1.11. The molecule has 1 aromatic rings. The molecule has 1 rings (SSSR count). The van der Waals surface area contributed by atoms with Gasteiger partial charge in [-0.15, -0.1) is 0 Å². The highest BCUT2D eigenvalue weighted by Crippen LogP contribution is 2.27. The molecule has 5 nitrogen and oxygen atoms in total. The number of unbranched alkanes of at least 4 members (excludes halogenated alkanes) is 1. The molecule has 0 aliphatic carbocycles. The Morgan fingerprint density at radius 1 is 1.37 bits per heavy atom. The first-order chi connectivity index (χ1) is 8.97. The average Bonchev–Trinajstić information content (AvgIpc) is 2.43. The second-order valence-electron chi connectivity index (χ2n) is 4.32. The highest BCUT2D eigenvalue weighted by molar-refractivity contribution is 7.89. The highest BCUT2D eigenvalue weighted by atomic mass is 32.2. The van der Waals surface area contributed by atoms with Crippen LogP contribution < -0.4 is 4.74 Å². The fourth-order valence-electron chi connectivity index (χ4n) is 1.69. The zero-order chi connectivity index (χ0) is 14.5. The Morgan fingerprint density at radius 3 is 2.58 bits per heavy atom. The number of nitrogens with zero attached hydrogens (tertiary/aromatic N) is 1. The van der Waals surface area contributed by atoms with E-state index in [0.717, 1.165) is 12.8 Å². The maximum atomic E-state index is 12.4. The molecule has 0 fully saturated rings. The number of hydrogen-bond acceptors (Lipinski definition) is 4. The molecule has 0 aliphatic heterocycles. The smallest absolute Gasteiger partial charge is 0.246 e. The normalized spacial score (nSPS) is 11.8. The SMILES string of the molecule is CCCCN(C)S(=O)(=O)c1ccc(CO)cc1OC. The minimum atomic E-state index is -3.55. The Bertz CT molecular complexity index is 513. The molecule has 0 bridgehead atoms. The van der Waals surface area contributed by atoms with Crippen LogP contribution in [0.3, 0.4) is 0 Å². The first-order valence-corrected chi connectivity index (χ1v) is 7.65. The van der Waals surface area contributed by atoms with Crippen molar-refractivity contribution in [3.05, 3.63) is 23.8 Å². The van der Waals surface area contributed by atoms with Gasteiger partial charge in [0.2, 0.25) is 10.0 Å². The summed E-state index contributed by atoms with van der Waals surface area (Å²) in [4.78, 5) is 0.130. The molecule has 1 N–H and O–H groups in total. The number of ether oxygens (including phenoxy) is 1. The molecule has 0 radical (unpaired) electrons. The van der Waals surface area contributed by atoms with E-state index in [2.05, 4.69) is 0 Å². The molecule has 0 aromatic heterocycles. The maximum Gasteiger partial charge on any atom is 0.246 e. The molecular weight excluding hydrogens is 266 g/mol. The zero-order valence-electron chi connectivity index (χ0n) is 11.6. The van der Waals surface area contributed by atoms with Gasteiger partial charge in [-0.3, -0.25) is 0 Å². The first-order valence-electron chi connectivity index (χ1n) is 6.21. The van der Waals surface area contributed by atoms with Crippen LogP contribution in [0, 0.1) is 0 Å². The predicted molar refractivity (Wildman–Crippen MR) is 73.6 cm³/mol. The summed E-state index contributed by atoms with van der Waals surface area (Å²) in [6.07, 6.45) is 1.74. The summed E-state index contributed by atoms with van der Waals surface area (Å²) in [5.74, 6) is 0.259. The number of benzene rings is 1. The highest BCUT2D eigenvalue weighted by Gasteiger charge is 2.24. The molecule has 0 amide bonds. The van der Waals surface area contributed by atoms with E-state index < -0.39 is 10.0 Å². The van der Waals surface area contributed by atoms with Gasteiger partial charge >= 0.3 is 0 Å². The fourth-order valence-corrected chi connectivity index (χ4v) is 3.03. The van der Waals surface area contributed by atoms with Crippen LogP contribution in [0.1, 0.15) is 25.3 Å². The van der Waals surface area contributed by atoms with Crippen LogP contribution in [-0.4, -0.2) is 38.5 Å². The zero-order valence-corrected chi connectivity index (χ0v) is 12.4. The monoisotopic (exact) mass is 287 g/mol. The summed E-state index contributed by atoms with van der Waals surface area (Å²) in [7, 11) is -0.574. The molecule has 108 valence electrons. The molecule has 6 heteroatoms. The van der Waals surface area contributed by atoms with Crippen molar-refractivity contribution in [3.8, 4) is 5.75 Å². The van der Waals surface area contributed by atoms with E-state index in [1.54, 1.807) is 19.2 Å². The van der Waals surface area contributed by atoms with Gasteiger partial charge < -0.3 is 9.84 Å². The minimum absolute atomic E-state index is 0.130. The van der Waals surface area contributed by atoms with Crippen molar-refractivity contribution >= 4 is 10.0 Å². The first kappa shape index (κ1) is 15.9. The van der Waals surface area contributed by atoms with E-state index in [9.17, 15) is 8.42 Å². The number of sulfonamides is 1. The fraction of sp³-hybridized carbons (Fsp3) is 0.538. The van der Waals surface area contributed by atoms with Gasteiger partial charge in [-0.2, -0.15) is 0 Å².